The molecule has 2 aromatic rings. The van der Waals surface area contributed by atoms with Crippen molar-refractivity contribution in [2.75, 3.05) is 26.7 Å². The Labute approximate surface area is 167 Å². The third-order valence-corrected chi connectivity index (χ3v) is 5.61. The minimum atomic E-state index is 0.219. The van der Waals surface area contributed by atoms with Crippen molar-refractivity contribution in [1.82, 2.24) is 15.4 Å². The van der Waals surface area contributed by atoms with Crippen LogP contribution in [0.1, 0.15) is 41.8 Å². The fourth-order valence-corrected chi connectivity index (χ4v) is 3.67. The molecule has 3 rings (SSSR count). The second kappa shape index (κ2) is 9.73. The van der Waals surface area contributed by atoms with Gasteiger partial charge in [-0.25, -0.2) is 0 Å². The predicted octanol–water partition coefficient (Wildman–Crippen LogP) is 3.26. The molecule has 6 nitrogen and oxygen atoms in total. The van der Waals surface area contributed by atoms with Gasteiger partial charge < -0.3 is 19.5 Å². The fourth-order valence-electron chi connectivity index (χ4n) is 3.67. The third-order valence-electron chi connectivity index (χ3n) is 5.61. The lowest BCUT2D eigenvalue weighted by molar-refractivity contribution is -0.131. The number of amides is 1. The van der Waals surface area contributed by atoms with Gasteiger partial charge in [0.2, 0.25) is 5.91 Å². The number of carbonyl (C=O) groups is 1. The summed E-state index contributed by atoms with van der Waals surface area (Å²) >= 11 is 0. The lowest BCUT2D eigenvalue weighted by Crippen LogP contribution is -2.39. The molecule has 0 unspecified atom stereocenters. The van der Waals surface area contributed by atoms with Crippen molar-refractivity contribution in [1.29, 1.82) is 0 Å². The van der Waals surface area contributed by atoms with Gasteiger partial charge in [-0.3, -0.25) is 4.79 Å². The Hall–Kier alpha value is -2.34. The van der Waals surface area contributed by atoms with E-state index in [0.717, 1.165) is 66.7 Å². The molecule has 1 aliphatic heterocycles. The van der Waals surface area contributed by atoms with Crippen LogP contribution in [0, 0.1) is 19.8 Å². The molecule has 0 saturated carbocycles. The molecule has 2 heterocycles. The molecule has 0 radical (unpaired) electrons. The number of aromatic nitrogens is 1. The highest BCUT2D eigenvalue weighted by Crippen LogP contribution is 2.22. The van der Waals surface area contributed by atoms with Gasteiger partial charge in [-0.15, -0.1) is 0 Å². The van der Waals surface area contributed by atoms with Crippen LogP contribution in [0.15, 0.2) is 28.8 Å². The number of nitrogens with zero attached hydrogens (tertiary/aromatic N) is 2. The van der Waals surface area contributed by atoms with Crippen molar-refractivity contribution in [3.8, 4) is 5.75 Å². The van der Waals surface area contributed by atoms with Crippen molar-refractivity contribution < 1.29 is 14.1 Å². The Morgan fingerprint density at radius 3 is 2.57 bits per heavy atom. The van der Waals surface area contributed by atoms with Gasteiger partial charge >= 0.3 is 0 Å². The molecule has 1 saturated heterocycles. The maximum Gasteiger partial charge on any atom is 0.226 e. The topological polar surface area (TPSA) is 67.6 Å². The molecule has 1 N–H and O–H groups in total. The molecule has 6 heteroatoms. The molecular formula is C22H31N3O3. The summed E-state index contributed by atoms with van der Waals surface area (Å²) in [6.45, 7) is 7.05. The number of likely N-dealkylation sites (tertiary alicyclic amines) is 1. The number of aryl methyl sites for hydroxylation is 2. The minimum Gasteiger partial charge on any atom is -0.489 e. The number of nitrogens with one attached hydrogen (secondary N) is 1. The average Bonchev–Trinajstić information content (AvgIpc) is 3.04. The van der Waals surface area contributed by atoms with E-state index in [1.54, 1.807) is 0 Å². The number of benzene rings is 1. The molecule has 1 aromatic heterocycles. The Bertz CT molecular complexity index is 742. The van der Waals surface area contributed by atoms with Crippen LogP contribution < -0.4 is 10.1 Å². The quantitative estimate of drug-likeness (QED) is 0.755. The van der Waals surface area contributed by atoms with Crippen LogP contribution in [0.4, 0.5) is 0 Å². The second-order valence-electron chi connectivity index (χ2n) is 7.63. The molecule has 1 aromatic carbocycles. The van der Waals surface area contributed by atoms with E-state index in [2.05, 4.69) is 10.5 Å². The molecule has 0 bridgehead atoms. The second-order valence-corrected chi connectivity index (χ2v) is 7.63. The van der Waals surface area contributed by atoms with Crippen LogP contribution in [0.25, 0.3) is 0 Å². The summed E-state index contributed by atoms with van der Waals surface area (Å²) in [5, 5.41) is 7.15. The van der Waals surface area contributed by atoms with Gasteiger partial charge in [0.25, 0.3) is 0 Å². The molecule has 152 valence electrons. The highest BCUT2D eigenvalue weighted by Gasteiger charge is 2.22. The summed E-state index contributed by atoms with van der Waals surface area (Å²) in [6, 6.07) is 7.79. The van der Waals surface area contributed by atoms with E-state index in [1.807, 2.05) is 50.1 Å². The molecule has 0 atom stereocenters. The van der Waals surface area contributed by atoms with E-state index in [1.165, 1.54) is 6.42 Å². The van der Waals surface area contributed by atoms with Gasteiger partial charge in [-0.1, -0.05) is 17.3 Å². The fraction of sp³-hybridized carbons (Fsp3) is 0.545. The normalized spacial score (nSPS) is 15.0. The van der Waals surface area contributed by atoms with Gasteiger partial charge in [0, 0.05) is 13.1 Å². The first-order valence-electron chi connectivity index (χ1n) is 10.1. The number of piperidine rings is 1. The number of carbonyl (C=O) groups excluding carboxylic acids is 1. The van der Waals surface area contributed by atoms with E-state index in [4.69, 9.17) is 9.26 Å². The van der Waals surface area contributed by atoms with E-state index >= 15 is 0 Å². The summed E-state index contributed by atoms with van der Waals surface area (Å²) in [5.74, 6) is 2.53. The van der Waals surface area contributed by atoms with Gasteiger partial charge in [-0.2, -0.15) is 0 Å². The van der Waals surface area contributed by atoms with Crippen LogP contribution in [0.2, 0.25) is 0 Å². The Morgan fingerprint density at radius 2 is 1.96 bits per heavy atom. The Kier molecular flexibility index (Phi) is 7.09. The van der Waals surface area contributed by atoms with Crippen molar-refractivity contribution in [2.45, 2.75) is 46.1 Å². The smallest absolute Gasteiger partial charge is 0.226 e. The van der Waals surface area contributed by atoms with E-state index < -0.39 is 0 Å². The maximum atomic E-state index is 12.6. The molecule has 1 fully saturated rings. The van der Waals surface area contributed by atoms with Gasteiger partial charge in [0.05, 0.1) is 17.7 Å². The summed E-state index contributed by atoms with van der Waals surface area (Å²) in [7, 11) is 1.99. The molecule has 0 aliphatic carbocycles. The van der Waals surface area contributed by atoms with Gasteiger partial charge in [-0.05, 0) is 70.3 Å². The summed E-state index contributed by atoms with van der Waals surface area (Å²) in [4.78, 5) is 14.6. The van der Waals surface area contributed by atoms with Crippen molar-refractivity contribution in [3.63, 3.8) is 0 Å². The average molecular weight is 386 g/mol. The van der Waals surface area contributed by atoms with E-state index in [-0.39, 0.29) is 5.91 Å². The lowest BCUT2D eigenvalue weighted by atomic mass is 9.93. The van der Waals surface area contributed by atoms with Crippen molar-refractivity contribution in [2.24, 2.45) is 5.92 Å². The first-order valence-corrected chi connectivity index (χ1v) is 10.1. The standard InChI is InChI=1S/C22H31N3O3/c1-16-21(17(2)28-24-16)15-27-20-6-4-19(5-7-20)14-22(26)25-12-9-18(10-13-25)8-11-23-3/h4-7,18,23H,8-15H2,1-3H3. The third kappa shape index (κ3) is 5.35. The van der Waals surface area contributed by atoms with Crippen molar-refractivity contribution in [3.05, 3.63) is 46.8 Å². The lowest BCUT2D eigenvalue weighted by Gasteiger charge is -2.32. The summed E-state index contributed by atoms with van der Waals surface area (Å²) in [5.41, 5.74) is 2.86. The first-order chi connectivity index (χ1) is 13.6. The van der Waals surface area contributed by atoms with Crippen LogP contribution in [0.3, 0.4) is 0 Å². The summed E-state index contributed by atoms with van der Waals surface area (Å²) < 4.78 is 11.0. The van der Waals surface area contributed by atoms with E-state index in [0.29, 0.717) is 13.0 Å². The van der Waals surface area contributed by atoms with Crippen molar-refractivity contribution >= 4 is 5.91 Å². The molecule has 1 amide bonds. The monoisotopic (exact) mass is 385 g/mol. The number of rotatable bonds is 8. The van der Waals surface area contributed by atoms with Crippen LogP contribution >= 0.6 is 0 Å². The maximum absolute atomic E-state index is 12.6. The predicted molar refractivity (Wildman–Crippen MR) is 108 cm³/mol. The zero-order valence-corrected chi connectivity index (χ0v) is 17.2. The molecule has 28 heavy (non-hydrogen) atoms. The Morgan fingerprint density at radius 1 is 1.25 bits per heavy atom. The van der Waals surface area contributed by atoms with Crippen LogP contribution in [0.5, 0.6) is 5.75 Å². The zero-order valence-electron chi connectivity index (χ0n) is 17.2. The highest BCUT2D eigenvalue weighted by atomic mass is 16.5. The van der Waals surface area contributed by atoms with Crippen LogP contribution in [-0.4, -0.2) is 42.6 Å². The van der Waals surface area contributed by atoms with Crippen LogP contribution in [-0.2, 0) is 17.8 Å². The minimum absolute atomic E-state index is 0.219. The molecule has 0 spiro atoms. The summed E-state index contributed by atoms with van der Waals surface area (Å²) in [6.07, 6.45) is 3.88. The SMILES string of the molecule is CNCCC1CCN(C(=O)Cc2ccc(OCc3c(C)noc3C)cc2)CC1. The van der Waals surface area contributed by atoms with Gasteiger partial charge in [0.15, 0.2) is 0 Å². The largest absolute Gasteiger partial charge is 0.489 e. The Balaban J connectivity index is 1.46. The van der Waals surface area contributed by atoms with Gasteiger partial charge in [0.1, 0.15) is 18.1 Å². The zero-order chi connectivity index (χ0) is 19.9. The first kappa shape index (κ1) is 20.4. The molecular weight excluding hydrogens is 354 g/mol. The van der Waals surface area contributed by atoms with E-state index in [9.17, 15) is 4.79 Å². The number of hydrogen-bond acceptors (Lipinski definition) is 5. The number of hydrogen-bond donors (Lipinski definition) is 1. The number of ether oxygens (including phenoxy) is 1. The molecule has 1 aliphatic rings. The highest BCUT2D eigenvalue weighted by molar-refractivity contribution is 5.78.